The van der Waals surface area contributed by atoms with Crippen LogP contribution in [0.1, 0.15) is 12.8 Å². The van der Waals surface area contributed by atoms with Crippen molar-refractivity contribution in [2.75, 3.05) is 52.7 Å². The van der Waals surface area contributed by atoms with Crippen LogP contribution in [0, 0.1) is 0 Å². The van der Waals surface area contributed by atoms with Gasteiger partial charge in [0.2, 0.25) is 11.8 Å². The predicted molar refractivity (Wildman–Crippen MR) is 105 cm³/mol. The van der Waals surface area contributed by atoms with E-state index >= 15 is 0 Å². The van der Waals surface area contributed by atoms with E-state index in [-0.39, 0.29) is 30.8 Å². The molecule has 1 heterocycles. The zero-order chi connectivity index (χ0) is 18.2. The third-order valence-electron chi connectivity index (χ3n) is 4.43. The summed E-state index contributed by atoms with van der Waals surface area (Å²) >= 11 is 0. The smallest absolute Gasteiger partial charge is 0.243 e. The Labute approximate surface area is 161 Å². The number of piperidine rings is 1. The molecule has 2 rings (SSSR count). The van der Waals surface area contributed by atoms with Gasteiger partial charge in [0.05, 0.1) is 20.2 Å². The van der Waals surface area contributed by atoms with Crippen LogP contribution in [-0.4, -0.2) is 75.0 Å². The lowest BCUT2D eigenvalue weighted by Gasteiger charge is -2.32. The summed E-state index contributed by atoms with van der Waals surface area (Å²) in [5, 5.41) is 6.05. The highest BCUT2D eigenvalue weighted by Gasteiger charge is 2.22. The first-order valence-corrected chi connectivity index (χ1v) is 8.59. The van der Waals surface area contributed by atoms with E-state index in [0.717, 1.165) is 25.9 Å². The summed E-state index contributed by atoms with van der Waals surface area (Å²) in [5.74, 6) is 0.403. The fourth-order valence-corrected chi connectivity index (χ4v) is 2.95. The number of rotatable bonds is 7. The Morgan fingerprint density at radius 1 is 1.38 bits per heavy atom. The van der Waals surface area contributed by atoms with Crippen molar-refractivity contribution in [1.82, 2.24) is 15.1 Å². The van der Waals surface area contributed by atoms with E-state index in [0.29, 0.717) is 24.0 Å². The summed E-state index contributed by atoms with van der Waals surface area (Å²) in [6.07, 6.45) is 2.22. The van der Waals surface area contributed by atoms with Crippen LogP contribution in [0.2, 0.25) is 0 Å². The van der Waals surface area contributed by atoms with Crippen molar-refractivity contribution in [2.45, 2.75) is 18.9 Å². The van der Waals surface area contributed by atoms with Gasteiger partial charge in [-0.25, -0.2) is 0 Å². The summed E-state index contributed by atoms with van der Waals surface area (Å²) in [5.41, 5.74) is 0.651. The molecule has 1 unspecified atom stereocenters. The zero-order valence-electron chi connectivity index (χ0n) is 15.7. The average molecular weight is 385 g/mol. The molecule has 0 saturated carbocycles. The van der Waals surface area contributed by atoms with E-state index in [1.807, 2.05) is 13.1 Å². The van der Waals surface area contributed by atoms with Crippen molar-refractivity contribution in [3.05, 3.63) is 24.3 Å². The molecule has 8 heteroatoms. The molecule has 7 nitrogen and oxygen atoms in total. The summed E-state index contributed by atoms with van der Waals surface area (Å²) in [4.78, 5) is 28.1. The highest BCUT2D eigenvalue weighted by atomic mass is 35.5. The lowest BCUT2D eigenvalue weighted by molar-refractivity contribution is -0.134. The van der Waals surface area contributed by atoms with Gasteiger partial charge in [0.15, 0.2) is 0 Å². The zero-order valence-corrected chi connectivity index (χ0v) is 16.5. The second kappa shape index (κ2) is 11.0. The van der Waals surface area contributed by atoms with Crippen molar-refractivity contribution in [3.8, 4) is 5.75 Å². The van der Waals surface area contributed by atoms with Crippen molar-refractivity contribution in [3.63, 3.8) is 0 Å². The fraction of sp³-hybridized carbons (Fsp3) is 0.556. The maximum atomic E-state index is 12.4. The average Bonchev–Trinajstić information content (AvgIpc) is 2.61. The van der Waals surface area contributed by atoms with Gasteiger partial charge in [-0.3, -0.25) is 14.5 Å². The minimum Gasteiger partial charge on any atom is -0.497 e. The van der Waals surface area contributed by atoms with Crippen molar-refractivity contribution in [2.24, 2.45) is 0 Å². The van der Waals surface area contributed by atoms with Gasteiger partial charge in [-0.2, -0.15) is 0 Å². The Morgan fingerprint density at radius 2 is 2.15 bits per heavy atom. The number of halogens is 1. The number of hydrogen-bond donors (Lipinski definition) is 2. The largest absolute Gasteiger partial charge is 0.497 e. The van der Waals surface area contributed by atoms with Crippen LogP contribution in [-0.2, 0) is 9.59 Å². The number of likely N-dealkylation sites (N-methyl/N-ethyl adjacent to an activating group) is 2. The van der Waals surface area contributed by atoms with Gasteiger partial charge in [-0.05, 0) is 38.6 Å². The van der Waals surface area contributed by atoms with Crippen LogP contribution >= 0.6 is 12.4 Å². The van der Waals surface area contributed by atoms with Crippen LogP contribution in [0.25, 0.3) is 0 Å². The molecule has 0 spiro atoms. The number of benzene rings is 1. The number of carbonyl (C=O) groups excluding carboxylic acids is 2. The van der Waals surface area contributed by atoms with E-state index in [4.69, 9.17) is 4.74 Å². The SMILES string of the molecule is CNC1CCCN(CC(=O)N(C)CC(=O)Nc2cccc(OC)c2)C1.Cl. The van der Waals surface area contributed by atoms with E-state index in [1.165, 1.54) is 4.90 Å². The van der Waals surface area contributed by atoms with Gasteiger partial charge < -0.3 is 20.3 Å². The molecule has 146 valence electrons. The van der Waals surface area contributed by atoms with Gasteiger partial charge >= 0.3 is 0 Å². The van der Waals surface area contributed by atoms with Crippen molar-refractivity contribution < 1.29 is 14.3 Å². The number of anilines is 1. The number of amides is 2. The maximum absolute atomic E-state index is 12.4. The van der Waals surface area contributed by atoms with E-state index < -0.39 is 0 Å². The Kier molecular flexibility index (Phi) is 9.40. The highest BCUT2D eigenvalue weighted by molar-refractivity contribution is 5.94. The van der Waals surface area contributed by atoms with Crippen LogP contribution < -0.4 is 15.4 Å². The molecular weight excluding hydrogens is 356 g/mol. The third-order valence-corrected chi connectivity index (χ3v) is 4.43. The first-order valence-electron chi connectivity index (χ1n) is 8.59. The van der Waals surface area contributed by atoms with Crippen LogP contribution in [0.5, 0.6) is 5.75 Å². The highest BCUT2D eigenvalue weighted by Crippen LogP contribution is 2.16. The van der Waals surface area contributed by atoms with Gasteiger partial charge in [0.1, 0.15) is 5.75 Å². The quantitative estimate of drug-likeness (QED) is 0.739. The number of ether oxygens (including phenoxy) is 1. The number of carbonyl (C=O) groups is 2. The Hall–Kier alpha value is -1.83. The molecule has 0 aliphatic carbocycles. The fourth-order valence-electron chi connectivity index (χ4n) is 2.95. The molecule has 0 bridgehead atoms. The standard InChI is InChI=1S/C18H28N4O3.ClH/c1-19-15-7-5-9-22(11-15)13-18(24)21(2)12-17(23)20-14-6-4-8-16(10-14)25-3;/h4,6,8,10,15,19H,5,7,9,11-13H2,1-3H3,(H,20,23);1H. The number of nitrogens with one attached hydrogen (secondary N) is 2. The number of methoxy groups -OCH3 is 1. The molecule has 1 fully saturated rings. The minimum atomic E-state index is -0.226. The molecule has 1 aliphatic heterocycles. The molecule has 2 N–H and O–H groups in total. The monoisotopic (exact) mass is 384 g/mol. The van der Waals surface area contributed by atoms with E-state index in [2.05, 4.69) is 15.5 Å². The lowest BCUT2D eigenvalue weighted by Crippen LogP contribution is -2.48. The topological polar surface area (TPSA) is 73.9 Å². The van der Waals surface area contributed by atoms with Gasteiger partial charge in [0, 0.05) is 31.4 Å². The molecule has 1 aromatic rings. The summed E-state index contributed by atoms with van der Waals surface area (Å²) in [7, 11) is 5.19. The molecule has 2 amide bonds. The molecule has 1 atom stereocenters. The number of likely N-dealkylation sites (tertiary alicyclic amines) is 1. The molecule has 1 saturated heterocycles. The Bertz CT molecular complexity index is 600. The predicted octanol–water partition coefficient (Wildman–Crippen LogP) is 1.20. The van der Waals surface area contributed by atoms with Gasteiger partial charge in [-0.15, -0.1) is 12.4 Å². The minimum absolute atomic E-state index is 0. The summed E-state index contributed by atoms with van der Waals surface area (Å²) in [6, 6.07) is 7.57. The Morgan fingerprint density at radius 3 is 2.85 bits per heavy atom. The van der Waals surface area contributed by atoms with Crippen LogP contribution in [0.3, 0.4) is 0 Å². The van der Waals surface area contributed by atoms with Gasteiger partial charge in [-0.1, -0.05) is 6.07 Å². The van der Waals surface area contributed by atoms with E-state index in [9.17, 15) is 9.59 Å². The van der Waals surface area contributed by atoms with Crippen LogP contribution in [0.15, 0.2) is 24.3 Å². The lowest BCUT2D eigenvalue weighted by atomic mass is 10.1. The van der Waals surface area contributed by atoms with Crippen molar-refractivity contribution in [1.29, 1.82) is 0 Å². The molecule has 0 radical (unpaired) electrons. The first-order chi connectivity index (χ1) is 12.0. The maximum Gasteiger partial charge on any atom is 0.243 e. The second-order valence-corrected chi connectivity index (χ2v) is 6.39. The third kappa shape index (κ3) is 6.82. The van der Waals surface area contributed by atoms with Gasteiger partial charge in [0.25, 0.3) is 0 Å². The molecule has 0 aromatic heterocycles. The molecular formula is C18H29ClN4O3. The normalized spacial score (nSPS) is 17.1. The van der Waals surface area contributed by atoms with Crippen LogP contribution in [0.4, 0.5) is 5.69 Å². The Balaban J connectivity index is 0.00000338. The van der Waals surface area contributed by atoms with E-state index in [1.54, 1.807) is 32.4 Å². The van der Waals surface area contributed by atoms with Crippen molar-refractivity contribution >= 4 is 29.9 Å². The summed E-state index contributed by atoms with van der Waals surface area (Å²) in [6.45, 7) is 2.17. The molecule has 1 aliphatic rings. The number of nitrogens with zero attached hydrogens (tertiary/aromatic N) is 2. The first kappa shape index (κ1) is 22.2. The summed E-state index contributed by atoms with van der Waals surface area (Å²) < 4.78 is 5.13. The molecule has 1 aromatic carbocycles. The number of hydrogen-bond acceptors (Lipinski definition) is 5. The molecule has 26 heavy (non-hydrogen) atoms. The second-order valence-electron chi connectivity index (χ2n) is 6.39.